The molecule has 0 saturated carbocycles. The van der Waals surface area contributed by atoms with Crippen LogP contribution in [0.25, 0.3) is 0 Å². The molecule has 1 rings (SSSR count). The van der Waals surface area contributed by atoms with Gasteiger partial charge >= 0.3 is 5.97 Å². The summed E-state index contributed by atoms with van der Waals surface area (Å²) < 4.78 is 4.53. The number of rotatable bonds is 2. The molecule has 6 nitrogen and oxygen atoms in total. The highest BCUT2D eigenvalue weighted by Crippen LogP contribution is 2.09. The van der Waals surface area contributed by atoms with Crippen molar-refractivity contribution in [2.24, 2.45) is 0 Å². The third kappa shape index (κ3) is 1.66. The SMILES string of the molecule is CN(C)C(=O)c1oncc1C(=O)O. The third-order valence-electron chi connectivity index (χ3n) is 1.40. The Morgan fingerprint density at radius 1 is 1.54 bits per heavy atom. The topological polar surface area (TPSA) is 83.6 Å². The van der Waals surface area contributed by atoms with Gasteiger partial charge in [-0.15, -0.1) is 0 Å². The maximum Gasteiger partial charge on any atom is 0.341 e. The van der Waals surface area contributed by atoms with E-state index in [2.05, 4.69) is 9.68 Å². The Kier molecular flexibility index (Phi) is 2.32. The van der Waals surface area contributed by atoms with Gasteiger partial charge in [-0.1, -0.05) is 5.16 Å². The van der Waals surface area contributed by atoms with Gasteiger partial charge in [0.15, 0.2) is 0 Å². The van der Waals surface area contributed by atoms with E-state index in [0.29, 0.717) is 0 Å². The number of carbonyl (C=O) groups excluding carboxylic acids is 1. The van der Waals surface area contributed by atoms with Gasteiger partial charge in [-0.3, -0.25) is 4.79 Å². The molecule has 0 aliphatic rings. The summed E-state index contributed by atoms with van der Waals surface area (Å²) in [4.78, 5) is 23.0. The summed E-state index contributed by atoms with van der Waals surface area (Å²) in [5, 5.41) is 11.9. The summed E-state index contributed by atoms with van der Waals surface area (Å²) in [5.74, 6) is -2.00. The molecule has 1 aromatic heterocycles. The molecule has 0 unspecified atom stereocenters. The largest absolute Gasteiger partial charge is 0.477 e. The number of amides is 1. The second-order valence-corrected chi connectivity index (χ2v) is 2.57. The van der Waals surface area contributed by atoms with Crippen LogP contribution in [-0.2, 0) is 0 Å². The van der Waals surface area contributed by atoms with E-state index in [4.69, 9.17) is 5.11 Å². The van der Waals surface area contributed by atoms with Gasteiger partial charge in [0.25, 0.3) is 5.91 Å². The first-order valence-electron chi connectivity index (χ1n) is 3.43. The Morgan fingerprint density at radius 2 is 2.15 bits per heavy atom. The number of carboxylic acids is 1. The first-order valence-corrected chi connectivity index (χ1v) is 3.43. The minimum atomic E-state index is -1.23. The third-order valence-corrected chi connectivity index (χ3v) is 1.40. The van der Waals surface area contributed by atoms with E-state index >= 15 is 0 Å². The Labute approximate surface area is 73.7 Å². The maximum atomic E-state index is 11.3. The van der Waals surface area contributed by atoms with Crippen molar-refractivity contribution >= 4 is 11.9 Å². The van der Waals surface area contributed by atoms with Crippen molar-refractivity contribution in [3.63, 3.8) is 0 Å². The molecule has 0 aromatic carbocycles. The molecule has 1 aromatic rings. The number of nitrogens with zero attached hydrogens (tertiary/aromatic N) is 2. The molecular formula is C7H8N2O4. The fraction of sp³-hybridized carbons (Fsp3) is 0.286. The van der Waals surface area contributed by atoms with Gasteiger partial charge in [0.05, 0.1) is 6.20 Å². The molecule has 0 atom stereocenters. The predicted molar refractivity (Wildman–Crippen MR) is 41.5 cm³/mol. The van der Waals surface area contributed by atoms with Gasteiger partial charge in [-0.2, -0.15) is 0 Å². The van der Waals surface area contributed by atoms with Gasteiger partial charge in [0.2, 0.25) is 5.76 Å². The van der Waals surface area contributed by atoms with Crippen LogP contribution in [0.5, 0.6) is 0 Å². The van der Waals surface area contributed by atoms with Gasteiger partial charge < -0.3 is 14.5 Å². The van der Waals surface area contributed by atoms with Crippen molar-refractivity contribution in [1.29, 1.82) is 0 Å². The van der Waals surface area contributed by atoms with Crippen LogP contribution < -0.4 is 0 Å². The minimum absolute atomic E-state index is 0.223. The van der Waals surface area contributed by atoms with Crippen LogP contribution in [0, 0.1) is 0 Å². The summed E-state index contributed by atoms with van der Waals surface area (Å²) in [6, 6.07) is 0. The van der Waals surface area contributed by atoms with E-state index in [1.165, 1.54) is 19.0 Å². The van der Waals surface area contributed by atoms with E-state index in [0.717, 1.165) is 6.20 Å². The summed E-state index contributed by atoms with van der Waals surface area (Å²) >= 11 is 0. The molecule has 70 valence electrons. The average Bonchev–Trinajstić information content (AvgIpc) is 2.50. The van der Waals surface area contributed by atoms with E-state index in [1.807, 2.05) is 0 Å². The lowest BCUT2D eigenvalue weighted by Gasteiger charge is -2.06. The lowest BCUT2D eigenvalue weighted by molar-refractivity contribution is 0.0677. The van der Waals surface area contributed by atoms with Crippen molar-refractivity contribution in [1.82, 2.24) is 10.1 Å². The van der Waals surface area contributed by atoms with E-state index in [9.17, 15) is 9.59 Å². The highest BCUT2D eigenvalue weighted by molar-refractivity contribution is 6.02. The smallest absolute Gasteiger partial charge is 0.341 e. The Hall–Kier alpha value is -1.85. The second-order valence-electron chi connectivity index (χ2n) is 2.57. The number of hydrogen-bond donors (Lipinski definition) is 1. The van der Waals surface area contributed by atoms with E-state index < -0.39 is 11.9 Å². The first kappa shape index (κ1) is 9.24. The molecule has 1 amide bonds. The quantitative estimate of drug-likeness (QED) is 0.703. The van der Waals surface area contributed by atoms with Crippen molar-refractivity contribution in [3.05, 3.63) is 17.5 Å². The number of aromatic nitrogens is 1. The summed E-state index contributed by atoms with van der Waals surface area (Å²) in [6.07, 6.45) is 0.999. The fourth-order valence-corrected chi connectivity index (χ4v) is 0.749. The molecule has 0 radical (unpaired) electrons. The van der Waals surface area contributed by atoms with Crippen LogP contribution in [0.3, 0.4) is 0 Å². The lowest BCUT2D eigenvalue weighted by Crippen LogP contribution is -2.23. The Balaban J connectivity index is 3.08. The van der Waals surface area contributed by atoms with Crippen molar-refractivity contribution in [2.45, 2.75) is 0 Å². The van der Waals surface area contributed by atoms with Crippen LogP contribution in [-0.4, -0.2) is 41.1 Å². The standard InChI is InChI=1S/C7H8N2O4/c1-9(2)6(10)5-4(7(11)12)3-8-13-5/h3H,1-2H3,(H,11,12). The number of hydrogen-bond acceptors (Lipinski definition) is 4. The average molecular weight is 184 g/mol. The van der Waals surface area contributed by atoms with Gasteiger partial charge in [-0.25, -0.2) is 4.79 Å². The monoisotopic (exact) mass is 184 g/mol. The van der Waals surface area contributed by atoms with Crippen LogP contribution >= 0.6 is 0 Å². The fourth-order valence-electron chi connectivity index (χ4n) is 0.749. The molecule has 0 fully saturated rings. The normalized spacial score (nSPS) is 9.69. The molecule has 0 spiro atoms. The van der Waals surface area contributed by atoms with Crippen LogP contribution in [0.2, 0.25) is 0 Å². The summed E-state index contributed by atoms with van der Waals surface area (Å²) in [5.41, 5.74) is -0.223. The first-order chi connectivity index (χ1) is 6.04. The van der Waals surface area contributed by atoms with Crippen molar-refractivity contribution < 1.29 is 19.2 Å². The molecule has 0 aliphatic heterocycles. The molecule has 1 heterocycles. The molecule has 6 heteroatoms. The molecule has 13 heavy (non-hydrogen) atoms. The molecule has 0 bridgehead atoms. The van der Waals surface area contributed by atoms with Gasteiger partial charge in [0.1, 0.15) is 5.56 Å². The Morgan fingerprint density at radius 3 is 2.62 bits per heavy atom. The molecule has 0 aliphatic carbocycles. The molecular weight excluding hydrogens is 176 g/mol. The summed E-state index contributed by atoms with van der Waals surface area (Å²) in [6.45, 7) is 0. The zero-order valence-corrected chi connectivity index (χ0v) is 7.14. The van der Waals surface area contributed by atoms with Crippen molar-refractivity contribution in [2.75, 3.05) is 14.1 Å². The minimum Gasteiger partial charge on any atom is -0.477 e. The summed E-state index contributed by atoms with van der Waals surface area (Å²) in [7, 11) is 2.99. The van der Waals surface area contributed by atoms with Crippen LogP contribution in [0.15, 0.2) is 10.7 Å². The van der Waals surface area contributed by atoms with E-state index in [1.54, 1.807) is 0 Å². The number of carbonyl (C=O) groups is 2. The van der Waals surface area contributed by atoms with Gasteiger partial charge in [0, 0.05) is 14.1 Å². The van der Waals surface area contributed by atoms with Crippen LogP contribution in [0.1, 0.15) is 20.9 Å². The highest BCUT2D eigenvalue weighted by Gasteiger charge is 2.22. The van der Waals surface area contributed by atoms with Crippen LogP contribution in [0.4, 0.5) is 0 Å². The lowest BCUT2D eigenvalue weighted by atomic mass is 10.2. The second kappa shape index (κ2) is 3.26. The zero-order chi connectivity index (χ0) is 10.0. The predicted octanol–water partition coefficient (Wildman–Crippen LogP) is 0.0746. The van der Waals surface area contributed by atoms with Crippen molar-refractivity contribution in [3.8, 4) is 0 Å². The number of carboxylic acid groups (broad SMARTS) is 1. The molecule has 1 N–H and O–H groups in total. The maximum absolute atomic E-state index is 11.3. The molecule has 0 saturated heterocycles. The van der Waals surface area contributed by atoms with E-state index in [-0.39, 0.29) is 11.3 Å². The number of aromatic carboxylic acids is 1. The van der Waals surface area contributed by atoms with Gasteiger partial charge in [-0.05, 0) is 0 Å². The Bertz CT molecular complexity index is 342. The zero-order valence-electron chi connectivity index (χ0n) is 7.14. The highest BCUT2D eigenvalue weighted by atomic mass is 16.5.